The fourth-order valence-corrected chi connectivity index (χ4v) is 2.42. The molecule has 88 valence electrons. The average molecular weight is 239 g/mol. The van der Waals surface area contributed by atoms with E-state index >= 15 is 0 Å². The number of amides is 1. The molecule has 0 atom stereocenters. The predicted molar refractivity (Wildman–Crippen MR) is 64.7 cm³/mol. The summed E-state index contributed by atoms with van der Waals surface area (Å²) in [6.45, 7) is 6.79. The van der Waals surface area contributed by atoms with Crippen LogP contribution in [0.25, 0.3) is 0 Å². The first-order chi connectivity index (χ1) is 7.50. The molecular weight excluding hydrogens is 222 g/mol. The van der Waals surface area contributed by atoms with E-state index in [0.717, 1.165) is 19.6 Å². The van der Waals surface area contributed by atoms with E-state index < -0.39 is 0 Å². The monoisotopic (exact) mass is 239 g/mol. The van der Waals surface area contributed by atoms with Gasteiger partial charge in [0.25, 0.3) is 5.91 Å². The topological polar surface area (TPSA) is 36.4 Å². The van der Waals surface area contributed by atoms with Crippen molar-refractivity contribution >= 4 is 17.2 Å². The van der Waals surface area contributed by atoms with Crippen molar-refractivity contribution in [1.82, 2.24) is 14.8 Å². The van der Waals surface area contributed by atoms with Crippen LogP contribution < -0.4 is 0 Å². The molecule has 1 aliphatic heterocycles. The second kappa shape index (κ2) is 4.14. The fraction of sp³-hybridized carbons (Fsp3) is 0.636. The Balaban J connectivity index is 2.10. The van der Waals surface area contributed by atoms with Gasteiger partial charge in [-0.3, -0.25) is 9.69 Å². The van der Waals surface area contributed by atoms with Crippen LogP contribution in [0.5, 0.6) is 0 Å². The first-order valence-corrected chi connectivity index (χ1v) is 6.34. The third kappa shape index (κ3) is 2.10. The Morgan fingerprint density at radius 1 is 1.50 bits per heavy atom. The SMILES string of the molecule is CN1CCN(C(=O)c2cscn2)CC1(C)C. The van der Waals surface area contributed by atoms with Crippen LogP contribution in [0, 0.1) is 0 Å². The standard InChI is InChI=1S/C11H17N3OS/c1-11(2)7-14(5-4-13(11)3)10(15)9-6-16-8-12-9/h6,8H,4-5,7H2,1-3H3. The van der Waals surface area contributed by atoms with Gasteiger partial charge in [0.15, 0.2) is 0 Å². The number of rotatable bonds is 1. The second-order valence-electron chi connectivity index (χ2n) is 4.83. The largest absolute Gasteiger partial charge is 0.334 e. The summed E-state index contributed by atoms with van der Waals surface area (Å²) in [6.07, 6.45) is 0. The maximum Gasteiger partial charge on any atom is 0.273 e. The van der Waals surface area contributed by atoms with Gasteiger partial charge in [-0.05, 0) is 20.9 Å². The molecule has 1 aliphatic rings. The number of carbonyl (C=O) groups excluding carboxylic acids is 1. The molecule has 5 heteroatoms. The zero-order valence-corrected chi connectivity index (χ0v) is 10.8. The fourth-order valence-electron chi connectivity index (χ4n) is 1.89. The number of hydrogen-bond donors (Lipinski definition) is 0. The van der Waals surface area contributed by atoms with Crippen LogP contribution in [-0.2, 0) is 0 Å². The van der Waals surface area contributed by atoms with Crippen LogP contribution in [-0.4, -0.2) is 52.9 Å². The Morgan fingerprint density at radius 3 is 2.81 bits per heavy atom. The predicted octanol–water partition coefficient (Wildman–Crippen LogP) is 1.31. The maximum atomic E-state index is 12.1. The molecule has 0 aromatic carbocycles. The molecular formula is C11H17N3OS. The number of likely N-dealkylation sites (N-methyl/N-ethyl adjacent to an activating group) is 1. The Hall–Kier alpha value is -0.940. The lowest BCUT2D eigenvalue weighted by Crippen LogP contribution is -2.58. The zero-order chi connectivity index (χ0) is 11.8. The van der Waals surface area contributed by atoms with Crippen LogP contribution in [0.1, 0.15) is 24.3 Å². The molecule has 0 bridgehead atoms. The van der Waals surface area contributed by atoms with Crippen molar-refractivity contribution in [2.24, 2.45) is 0 Å². The summed E-state index contributed by atoms with van der Waals surface area (Å²) < 4.78 is 0. The molecule has 0 aliphatic carbocycles. The maximum absolute atomic E-state index is 12.1. The minimum Gasteiger partial charge on any atom is -0.334 e. The Bertz CT molecular complexity index is 375. The van der Waals surface area contributed by atoms with Gasteiger partial charge in [-0.15, -0.1) is 11.3 Å². The molecule has 0 unspecified atom stereocenters. The van der Waals surface area contributed by atoms with E-state index in [2.05, 4.69) is 30.8 Å². The van der Waals surface area contributed by atoms with Gasteiger partial charge >= 0.3 is 0 Å². The molecule has 0 radical (unpaired) electrons. The lowest BCUT2D eigenvalue weighted by molar-refractivity contribution is 0.0308. The molecule has 16 heavy (non-hydrogen) atoms. The van der Waals surface area contributed by atoms with E-state index in [-0.39, 0.29) is 11.4 Å². The van der Waals surface area contributed by atoms with Gasteiger partial charge in [-0.2, -0.15) is 0 Å². The van der Waals surface area contributed by atoms with Crippen molar-refractivity contribution in [1.29, 1.82) is 0 Å². The van der Waals surface area contributed by atoms with Crippen LogP contribution in [0.3, 0.4) is 0 Å². The molecule has 0 spiro atoms. The van der Waals surface area contributed by atoms with Crippen molar-refractivity contribution < 1.29 is 4.79 Å². The number of aromatic nitrogens is 1. The summed E-state index contributed by atoms with van der Waals surface area (Å²) in [5.41, 5.74) is 2.32. The summed E-state index contributed by atoms with van der Waals surface area (Å²) in [5.74, 6) is 0.0578. The first-order valence-electron chi connectivity index (χ1n) is 5.39. The molecule has 0 saturated carbocycles. The van der Waals surface area contributed by atoms with E-state index in [1.165, 1.54) is 11.3 Å². The molecule has 1 aromatic heterocycles. The van der Waals surface area contributed by atoms with Gasteiger partial charge in [0.1, 0.15) is 5.69 Å². The first kappa shape index (κ1) is 11.5. The third-order valence-corrected chi connectivity index (χ3v) is 3.84. The minimum atomic E-state index is 0.0456. The Kier molecular flexibility index (Phi) is 2.99. The molecule has 1 aromatic rings. The Labute approximate surface area is 99.9 Å². The molecule has 2 heterocycles. The van der Waals surface area contributed by atoms with Gasteiger partial charge < -0.3 is 4.90 Å². The van der Waals surface area contributed by atoms with Crippen molar-refractivity contribution in [2.45, 2.75) is 19.4 Å². The number of carbonyl (C=O) groups is 1. The molecule has 1 saturated heterocycles. The molecule has 2 rings (SSSR count). The van der Waals surface area contributed by atoms with E-state index in [1.54, 1.807) is 5.51 Å². The summed E-state index contributed by atoms with van der Waals surface area (Å²) in [6, 6.07) is 0. The van der Waals surface area contributed by atoms with Crippen molar-refractivity contribution in [2.75, 3.05) is 26.7 Å². The average Bonchev–Trinajstić information content (AvgIpc) is 2.74. The van der Waals surface area contributed by atoms with Gasteiger partial charge in [0.05, 0.1) is 5.51 Å². The minimum absolute atomic E-state index is 0.0456. The molecule has 1 fully saturated rings. The third-order valence-electron chi connectivity index (χ3n) is 3.26. The summed E-state index contributed by atoms with van der Waals surface area (Å²) in [5, 5.41) is 1.81. The molecule has 4 nitrogen and oxygen atoms in total. The van der Waals surface area contributed by atoms with Crippen LogP contribution in [0.4, 0.5) is 0 Å². The number of hydrogen-bond acceptors (Lipinski definition) is 4. The summed E-state index contributed by atoms with van der Waals surface area (Å²) in [4.78, 5) is 20.4. The van der Waals surface area contributed by atoms with E-state index in [0.29, 0.717) is 5.69 Å². The number of thiazole rings is 1. The highest BCUT2D eigenvalue weighted by Gasteiger charge is 2.33. The zero-order valence-electron chi connectivity index (χ0n) is 9.93. The van der Waals surface area contributed by atoms with Crippen molar-refractivity contribution in [3.05, 3.63) is 16.6 Å². The quantitative estimate of drug-likeness (QED) is 0.741. The highest BCUT2D eigenvalue weighted by atomic mass is 32.1. The van der Waals surface area contributed by atoms with Gasteiger partial charge in [0.2, 0.25) is 0 Å². The highest BCUT2D eigenvalue weighted by Crippen LogP contribution is 2.20. The normalized spacial score (nSPS) is 21.1. The van der Waals surface area contributed by atoms with Crippen LogP contribution in [0.2, 0.25) is 0 Å². The van der Waals surface area contributed by atoms with Crippen LogP contribution in [0.15, 0.2) is 10.9 Å². The lowest BCUT2D eigenvalue weighted by Gasteiger charge is -2.45. The smallest absolute Gasteiger partial charge is 0.273 e. The highest BCUT2D eigenvalue weighted by molar-refractivity contribution is 7.07. The van der Waals surface area contributed by atoms with Gasteiger partial charge in [0, 0.05) is 30.6 Å². The summed E-state index contributed by atoms with van der Waals surface area (Å²) >= 11 is 1.46. The number of piperazine rings is 1. The van der Waals surface area contributed by atoms with Crippen molar-refractivity contribution in [3.8, 4) is 0 Å². The lowest BCUT2D eigenvalue weighted by atomic mass is 9.99. The van der Waals surface area contributed by atoms with E-state index in [1.807, 2.05) is 10.3 Å². The Morgan fingerprint density at radius 2 is 2.25 bits per heavy atom. The van der Waals surface area contributed by atoms with Crippen molar-refractivity contribution in [3.63, 3.8) is 0 Å². The second-order valence-corrected chi connectivity index (χ2v) is 5.55. The van der Waals surface area contributed by atoms with E-state index in [4.69, 9.17) is 0 Å². The number of nitrogens with zero attached hydrogens (tertiary/aromatic N) is 3. The van der Waals surface area contributed by atoms with Crippen LogP contribution >= 0.6 is 11.3 Å². The van der Waals surface area contributed by atoms with E-state index in [9.17, 15) is 4.79 Å². The van der Waals surface area contributed by atoms with Gasteiger partial charge in [-0.25, -0.2) is 4.98 Å². The molecule has 1 amide bonds. The molecule has 0 N–H and O–H groups in total. The summed E-state index contributed by atoms with van der Waals surface area (Å²) in [7, 11) is 2.10. The van der Waals surface area contributed by atoms with Gasteiger partial charge in [-0.1, -0.05) is 0 Å².